The Labute approximate surface area is 127 Å². The third kappa shape index (κ3) is 3.55. The van der Waals surface area contributed by atoms with E-state index in [1.54, 1.807) is 0 Å². The van der Waals surface area contributed by atoms with E-state index in [9.17, 15) is 0 Å². The van der Waals surface area contributed by atoms with Crippen LogP contribution in [0.4, 0.5) is 0 Å². The number of halogens is 1. The summed E-state index contributed by atoms with van der Waals surface area (Å²) in [6, 6.07) is 6.86. The zero-order chi connectivity index (χ0) is 14.8. The second-order valence-electron chi connectivity index (χ2n) is 6.43. The molecule has 2 atom stereocenters. The SMILES string of the molecule is Cc1ccc(CC2(CNC(C)C)CCOC2C)c(Cl)c1. The van der Waals surface area contributed by atoms with Gasteiger partial charge in [-0.05, 0) is 43.9 Å². The van der Waals surface area contributed by atoms with Crippen molar-refractivity contribution in [2.75, 3.05) is 13.2 Å². The maximum absolute atomic E-state index is 6.42. The molecular formula is C17H26ClNO. The Hall–Kier alpha value is -0.570. The summed E-state index contributed by atoms with van der Waals surface area (Å²) in [6.07, 6.45) is 2.34. The quantitative estimate of drug-likeness (QED) is 0.887. The van der Waals surface area contributed by atoms with Gasteiger partial charge in [-0.2, -0.15) is 0 Å². The molecule has 0 bridgehead atoms. The van der Waals surface area contributed by atoms with Gasteiger partial charge in [-0.1, -0.05) is 37.6 Å². The summed E-state index contributed by atoms with van der Waals surface area (Å²) in [7, 11) is 0. The molecule has 0 spiro atoms. The molecule has 0 saturated carbocycles. The van der Waals surface area contributed by atoms with Crippen LogP contribution in [0.1, 0.15) is 38.3 Å². The fourth-order valence-electron chi connectivity index (χ4n) is 2.93. The van der Waals surface area contributed by atoms with Gasteiger partial charge in [-0.15, -0.1) is 0 Å². The van der Waals surface area contributed by atoms with Crippen LogP contribution >= 0.6 is 11.6 Å². The van der Waals surface area contributed by atoms with E-state index in [0.717, 1.165) is 31.0 Å². The second-order valence-corrected chi connectivity index (χ2v) is 6.84. The van der Waals surface area contributed by atoms with Crippen molar-refractivity contribution in [3.05, 3.63) is 34.3 Å². The Kier molecular flexibility index (Phi) is 5.11. The number of hydrogen-bond acceptors (Lipinski definition) is 2. The monoisotopic (exact) mass is 295 g/mol. The lowest BCUT2D eigenvalue weighted by Gasteiger charge is -2.34. The minimum atomic E-state index is 0.156. The maximum Gasteiger partial charge on any atom is 0.0619 e. The highest BCUT2D eigenvalue weighted by molar-refractivity contribution is 6.31. The van der Waals surface area contributed by atoms with E-state index in [2.05, 4.69) is 51.2 Å². The van der Waals surface area contributed by atoms with E-state index in [1.807, 2.05) is 0 Å². The largest absolute Gasteiger partial charge is 0.378 e. The van der Waals surface area contributed by atoms with E-state index in [1.165, 1.54) is 11.1 Å². The Morgan fingerprint density at radius 1 is 1.45 bits per heavy atom. The molecule has 1 N–H and O–H groups in total. The average Bonchev–Trinajstić information content (AvgIpc) is 2.73. The van der Waals surface area contributed by atoms with Crippen LogP contribution in [0, 0.1) is 12.3 Å². The predicted molar refractivity (Wildman–Crippen MR) is 85.5 cm³/mol. The van der Waals surface area contributed by atoms with Crippen LogP contribution < -0.4 is 5.32 Å². The summed E-state index contributed by atoms with van der Waals surface area (Å²) in [5.41, 5.74) is 2.60. The molecule has 0 radical (unpaired) electrons. The number of ether oxygens (including phenoxy) is 1. The lowest BCUT2D eigenvalue weighted by atomic mass is 9.76. The highest BCUT2D eigenvalue weighted by atomic mass is 35.5. The van der Waals surface area contributed by atoms with E-state index in [4.69, 9.17) is 16.3 Å². The van der Waals surface area contributed by atoms with Gasteiger partial charge in [0.1, 0.15) is 0 Å². The van der Waals surface area contributed by atoms with Crippen LogP contribution in [0.3, 0.4) is 0 Å². The fourth-order valence-corrected chi connectivity index (χ4v) is 3.23. The fraction of sp³-hybridized carbons (Fsp3) is 0.647. The molecule has 1 aromatic rings. The highest BCUT2D eigenvalue weighted by Gasteiger charge is 2.41. The summed E-state index contributed by atoms with van der Waals surface area (Å²) < 4.78 is 5.85. The van der Waals surface area contributed by atoms with Gasteiger partial charge in [0, 0.05) is 29.6 Å². The number of benzene rings is 1. The first kappa shape index (κ1) is 15.8. The van der Waals surface area contributed by atoms with Gasteiger partial charge in [-0.25, -0.2) is 0 Å². The first-order valence-electron chi connectivity index (χ1n) is 7.53. The summed E-state index contributed by atoms with van der Waals surface area (Å²) >= 11 is 6.42. The van der Waals surface area contributed by atoms with Crippen LogP contribution in [-0.2, 0) is 11.2 Å². The molecule has 1 saturated heterocycles. The highest BCUT2D eigenvalue weighted by Crippen LogP contribution is 2.39. The minimum Gasteiger partial charge on any atom is -0.378 e. The molecule has 2 nitrogen and oxygen atoms in total. The maximum atomic E-state index is 6.42. The molecule has 0 amide bonds. The van der Waals surface area contributed by atoms with Gasteiger partial charge < -0.3 is 10.1 Å². The van der Waals surface area contributed by atoms with Crippen LogP contribution in [0.15, 0.2) is 18.2 Å². The zero-order valence-electron chi connectivity index (χ0n) is 13.0. The summed E-state index contributed by atoms with van der Waals surface area (Å²) in [6.45, 7) is 10.5. The van der Waals surface area contributed by atoms with Gasteiger partial charge in [-0.3, -0.25) is 0 Å². The third-order valence-electron chi connectivity index (χ3n) is 4.44. The summed E-state index contributed by atoms with van der Waals surface area (Å²) in [5.74, 6) is 0. The topological polar surface area (TPSA) is 21.3 Å². The van der Waals surface area contributed by atoms with E-state index in [0.29, 0.717) is 6.04 Å². The normalized spacial score (nSPS) is 26.4. The molecule has 3 heteroatoms. The molecule has 1 aliphatic rings. The lowest BCUT2D eigenvalue weighted by Crippen LogP contribution is -2.43. The van der Waals surface area contributed by atoms with Gasteiger partial charge in [0.2, 0.25) is 0 Å². The summed E-state index contributed by atoms with van der Waals surface area (Å²) in [4.78, 5) is 0. The van der Waals surface area contributed by atoms with Crippen molar-refractivity contribution in [2.24, 2.45) is 5.41 Å². The van der Waals surface area contributed by atoms with Crippen molar-refractivity contribution in [1.29, 1.82) is 0 Å². The first-order valence-corrected chi connectivity index (χ1v) is 7.91. The smallest absolute Gasteiger partial charge is 0.0619 e. The Bertz CT molecular complexity index is 460. The standard InChI is InChI=1S/C17H26ClNO/c1-12(2)19-11-17(7-8-20-14(17)4)10-15-6-5-13(3)9-16(15)18/h5-6,9,12,14,19H,7-8,10-11H2,1-4H3. The Balaban J connectivity index is 2.19. The zero-order valence-corrected chi connectivity index (χ0v) is 13.8. The van der Waals surface area contributed by atoms with Crippen LogP contribution in [0.5, 0.6) is 0 Å². The van der Waals surface area contributed by atoms with Crippen molar-refractivity contribution in [1.82, 2.24) is 5.32 Å². The van der Waals surface area contributed by atoms with Crippen LogP contribution in [-0.4, -0.2) is 25.3 Å². The van der Waals surface area contributed by atoms with Crippen molar-refractivity contribution in [2.45, 2.75) is 52.7 Å². The molecule has 2 unspecified atom stereocenters. The Morgan fingerprint density at radius 2 is 2.20 bits per heavy atom. The predicted octanol–water partition coefficient (Wildman–Crippen LogP) is 3.98. The van der Waals surface area contributed by atoms with E-state index >= 15 is 0 Å². The van der Waals surface area contributed by atoms with Gasteiger partial charge in [0.25, 0.3) is 0 Å². The van der Waals surface area contributed by atoms with Crippen LogP contribution in [0.2, 0.25) is 5.02 Å². The van der Waals surface area contributed by atoms with Gasteiger partial charge in [0.05, 0.1) is 6.10 Å². The number of hydrogen-bond donors (Lipinski definition) is 1. The van der Waals surface area contributed by atoms with Crippen molar-refractivity contribution in [3.8, 4) is 0 Å². The molecule has 1 heterocycles. The molecule has 112 valence electrons. The molecule has 1 fully saturated rings. The molecule has 20 heavy (non-hydrogen) atoms. The van der Waals surface area contributed by atoms with Gasteiger partial charge in [0.15, 0.2) is 0 Å². The second kappa shape index (κ2) is 6.46. The molecule has 1 aliphatic heterocycles. The van der Waals surface area contributed by atoms with Crippen molar-refractivity contribution >= 4 is 11.6 Å². The van der Waals surface area contributed by atoms with E-state index < -0.39 is 0 Å². The van der Waals surface area contributed by atoms with Gasteiger partial charge >= 0.3 is 0 Å². The lowest BCUT2D eigenvalue weighted by molar-refractivity contribution is 0.0621. The Morgan fingerprint density at radius 3 is 2.75 bits per heavy atom. The van der Waals surface area contributed by atoms with Crippen LogP contribution in [0.25, 0.3) is 0 Å². The molecule has 1 aromatic carbocycles. The van der Waals surface area contributed by atoms with Crippen molar-refractivity contribution < 1.29 is 4.74 Å². The number of aryl methyl sites for hydroxylation is 1. The summed E-state index contributed by atoms with van der Waals surface area (Å²) in [5, 5.41) is 4.47. The third-order valence-corrected chi connectivity index (χ3v) is 4.80. The first-order chi connectivity index (χ1) is 9.43. The number of rotatable bonds is 5. The van der Waals surface area contributed by atoms with E-state index in [-0.39, 0.29) is 11.5 Å². The molecule has 0 aromatic heterocycles. The molecule has 0 aliphatic carbocycles. The molecular weight excluding hydrogens is 270 g/mol. The average molecular weight is 296 g/mol. The van der Waals surface area contributed by atoms with Crippen molar-refractivity contribution in [3.63, 3.8) is 0 Å². The molecule has 2 rings (SSSR count). The number of nitrogens with one attached hydrogen (secondary N) is 1. The minimum absolute atomic E-state index is 0.156.